The monoisotopic (exact) mass is 257 g/mol. The van der Waals surface area contributed by atoms with Gasteiger partial charge < -0.3 is 14.8 Å². The van der Waals surface area contributed by atoms with Crippen molar-refractivity contribution in [2.45, 2.75) is 39.0 Å². The van der Waals surface area contributed by atoms with Crippen molar-refractivity contribution in [3.05, 3.63) is 22.4 Å². The lowest BCUT2D eigenvalue weighted by Crippen LogP contribution is -2.41. The predicted octanol–water partition coefficient (Wildman–Crippen LogP) is 2.67. The first kappa shape index (κ1) is 14.6. The molecule has 17 heavy (non-hydrogen) atoms. The number of nitrogens with one attached hydrogen (secondary N) is 1. The molecule has 98 valence electrons. The van der Waals surface area contributed by atoms with Crippen LogP contribution < -0.4 is 5.32 Å². The molecule has 3 nitrogen and oxygen atoms in total. The summed E-state index contributed by atoms with van der Waals surface area (Å²) in [7, 11) is 1.96. The number of aryl methyl sites for hydroxylation is 1. The van der Waals surface area contributed by atoms with Crippen molar-refractivity contribution in [3.63, 3.8) is 0 Å². The van der Waals surface area contributed by atoms with Gasteiger partial charge in [0.25, 0.3) is 0 Å². The predicted molar refractivity (Wildman–Crippen MR) is 72.5 cm³/mol. The van der Waals surface area contributed by atoms with Crippen molar-refractivity contribution >= 4 is 11.3 Å². The van der Waals surface area contributed by atoms with Gasteiger partial charge in [0, 0.05) is 18.1 Å². The first-order chi connectivity index (χ1) is 8.31. The maximum Gasteiger partial charge on any atom is 0.172 e. The van der Waals surface area contributed by atoms with E-state index >= 15 is 0 Å². The average molecular weight is 257 g/mol. The third kappa shape index (κ3) is 5.17. The van der Waals surface area contributed by atoms with Gasteiger partial charge in [-0.25, -0.2) is 0 Å². The summed E-state index contributed by atoms with van der Waals surface area (Å²) in [5.41, 5.74) is 0. The molecule has 0 aromatic carbocycles. The molecule has 0 aliphatic heterocycles. The highest BCUT2D eigenvalue weighted by atomic mass is 32.1. The van der Waals surface area contributed by atoms with E-state index in [2.05, 4.69) is 22.8 Å². The molecule has 1 rings (SSSR count). The molecule has 0 radical (unpaired) electrons. The minimum absolute atomic E-state index is 0.144. The summed E-state index contributed by atoms with van der Waals surface area (Å²) in [4.78, 5) is 1.41. The second-order valence-corrected chi connectivity index (χ2v) is 4.82. The van der Waals surface area contributed by atoms with Crippen molar-refractivity contribution in [3.8, 4) is 0 Å². The van der Waals surface area contributed by atoms with Crippen LogP contribution in [0.2, 0.25) is 0 Å². The molecule has 0 aliphatic rings. The van der Waals surface area contributed by atoms with Crippen LogP contribution in [0.1, 0.15) is 25.1 Å². The van der Waals surface area contributed by atoms with Crippen LogP contribution in [-0.2, 0) is 15.9 Å². The average Bonchev–Trinajstić information content (AvgIpc) is 2.83. The molecule has 0 amide bonds. The molecule has 1 atom stereocenters. The quantitative estimate of drug-likeness (QED) is 0.690. The Morgan fingerprint density at radius 2 is 2.00 bits per heavy atom. The molecule has 1 N–H and O–H groups in total. The summed E-state index contributed by atoms with van der Waals surface area (Å²) in [5.74, 6) is 0. The molecule has 1 aromatic heterocycles. The number of thiophene rings is 1. The Kier molecular flexibility index (Phi) is 7.44. The molecule has 0 aliphatic carbocycles. The zero-order valence-corrected chi connectivity index (χ0v) is 11.8. The molecule has 1 aromatic rings. The number of ether oxygens (including phenoxy) is 2. The summed E-state index contributed by atoms with van der Waals surface area (Å²) in [6.45, 7) is 5.36. The molecular weight excluding hydrogens is 234 g/mol. The van der Waals surface area contributed by atoms with Crippen molar-refractivity contribution in [1.29, 1.82) is 0 Å². The SMILES string of the molecule is CCOC(OCC)C(CCc1cccs1)NC. The highest BCUT2D eigenvalue weighted by Crippen LogP contribution is 2.14. The first-order valence-electron chi connectivity index (χ1n) is 6.24. The summed E-state index contributed by atoms with van der Waals surface area (Å²) in [5, 5.41) is 5.41. The second-order valence-electron chi connectivity index (χ2n) is 3.79. The minimum atomic E-state index is -0.144. The Hall–Kier alpha value is -0.420. The Morgan fingerprint density at radius 1 is 1.29 bits per heavy atom. The van der Waals surface area contributed by atoms with E-state index in [9.17, 15) is 0 Å². The highest BCUT2D eigenvalue weighted by Gasteiger charge is 2.20. The fourth-order valence-electron chi connectivity index (χ4n) is 1.78. The maximum absolute atomic E-state index is 5.62. The number of likely N-dealkylation sites (N-methyl/N-ethyl adjacent to an activating group) is 1. The lowest BCUT2D eigenvalue weighted by atomic mass is 10.1. The zero-order valence-electron chi connectivity index (χ0n) is 10.9. The van der Waals surface area contributed by atoms with E-state index in [0.29, 0.717) is 13.2 Å². The van der Waals surface area contributed by atoms with E-state index < -0.39 is 0 Å². The standard InChI is InChI=1S/C13H23NO2S/c1-4-15-13(16-5-2)12(14-3)9-8-11-7-6-10-17-11/h6-7,10,12-14H,4-5,8-9H2,1-3H3. The first-order valence-corrected chi connectivity index (χ1v) is 7.12. The van der Waals surface area contributed by atoms with Crippen LogP contribution in [0.25, 0.3) is 0 Å². The van der Waals surface area contributed by atoms with Crippen LogP contribution in [0.3, 0.4) is 0 Å². The molecule has 1 unspecified atom stereocenters. The Bertz CT molecular complexity index is 271. The Labute approximate surface area is 108 Å². The Balaban J connectivity index is 2.43. The Morgan fingerprint density at radius 3 is 2.47 bits per heavy atom. The van der Waals surface area contributed by atoms with Crippen LogP contribution >= 0.6 is 11.3 Å². The largest absolute Gasteiger partial charge is 0.351 e. The van der Waals surface area contributed by atoms with Gasteiger partial charge in [-0.15, -0.1) is 11.3 Å². The van der Waals surface area contributed by atoms with Crippen molar-refractivity contribution in [1.82, 2.24) is 5.32 Å². The maximum atomic E-state index is 5.62. The van der Waals surface area contributed by atoms with Gasteiger partial charge in [0.05, 0.1) is 6.04 Å². The third-order valence-electron chi connectivity index (χ3n) is 2.64. The van der Waals surface area contributed by atoms with Gasteiger partial charge in [0.1, 0.15) is 0 Å². The van der Waals surface area contributed by atoms with Gasteiger partial charge >= 0.3 is 0 Å². The number of hydrogen-bond donors (Lipinski definition) is 1. The molecule has 4 heteroatoms. The highest BCUT2D eigenvalue weighted by molar-refractivity contribution is 7.09. The summed E-state index contributed by atoms with van der Waals surface area (Å²) in [6, 6.07) is 4.52. The van der Waals surface area contributed by atoms with E-state index in [1.165, 1.54) is 4.88 Å². The van der Waals surface area contributed by atoms with E-state index in [0.717, 1.165) is 12.8 Å². The molecule has 0 saturated carbocycles. The molecule has 0 saturated heterocycles. The number of hydrogen-bond acceptors (Lipinski definition) is 4. The van der Waals surface area contributed by atoms with E-state index in [-0.39, 0.29) is 12.3 Å². The lowest BCUT2D eigenvalue weighted by molar-refractivity contribution is -0.153. The van der Waals surface area contributed by atoms with Gasteiger partial charge in [-0.3, -0.25) is 0 Å². The van der Waals surface area contributed by atoms with Crippen molar-refractivity contribution in [2.75, 3.05) is 20.3 Å². The molecular formula is C13H23NO2S. The van der Waals surface area contributed by atoms with Crippen molar-refractivity contribution in [2.24, 2.45) is 0 Å². The van der Waals surface area contributed by atoms with Crippen LogP contribution in [0.15, 0.2) is 17.5 Å². The molecule has 1 heterocycles. The van der Waals surface area contributed by atoms with Gasteiger partial charge in [0.15, 0.2) is 6.29 Å². The zero-order chi connectivity index (χ0) is 12.5. The second kappa shape index (κ2) is 8.64. The molecule has 0 spiro atoms. The van der Waals surface area contributed by atoms with Crippen LogP contribution in [0.4, 0.5) is 0 Å². The van der Waals surface area contributed by atoms with E-state index in [4.69, 9.17) is 9.47 Å². The summed E-state index contributed by atoms with van der Waals surface area (Å²) >= 11 is 1.80. The molecule has 0 fully saturated rings. The molecule has 0 bridgehead atoms. The van der Waals surface area contributed by atoms with E-state index in [1.807, 2.05) is 20.9 Å². The fraction of sp³-hybridized carbons (Fsp3) is 0.692. The van der Waals surface area contributed by atoms with Gasteiger partial charge in [-0.2, -0.15) is 0 Å². The van der Waals surface area contributed by atoms with Crippen LogP contribution in [-0.4, -0.2) is 32.6 Å². The normalized spacial score (nSPS) is 13.2. The minimum Gasteiger partial charge on any atom is -0.351 e. The van der Waals surface area contributed by atoms with E-state index in [1.54, 1.807) is 11.3 Å². The fourth-order valence-corrected chi connectivity index (χ4v) is 2.50. The topological polar surface area (TPSA) is 30.5 Å². The van der Waals surface area contributed by atoms with Gasteiger partial charge in [0.2, 0.25) is 0 Å². The lowest BCUT2D eigenvalue weighted by Gasteiger charge is -2.26. The van der Waals surface area contributed by atoms with Gasteiger partial charge in [-0.05, 0) is 45.2 Å². The van der Waals surface area contributed by atoms with Crippen LogP contribution in [0.5, 0.6) is 0 Å². The third-order valence-corrected chi connectivity index (χ3v) is 3.58. The summed E-state index contributed by atoms with van der Waals surface area (Å²) < 4.78 is 11.2. The smallest absolute Gasteiger partial charge is 0.172 e. The summed E-state index contributed by atoms with van der Waals surface area (Å²) in [6.07, 6.45) is 1.96. The van der Waals surface area contributed by atoms with Gasteiger partial charge in [-0.1, -0.05) is 6.07 Å². The van der Waals surface area contributed by atoms with Crippen LogP contribution in [0, 0.1) is 0 Å². The number of rotatable bonds is 9. The van der Waals surface area contributed by atoms with Crippen molar-refractivity contribution < 1.29 is 9.47 Å².